The normalized spacial score (nSPS) is 25.3. The van der Waals surface area contributed by atoms with Gasteiger partial charge in [0.1, 0.15) is 0 Å². The van der Waals surface area contributed by atoms with Crippen LogP contribution >= 0.6 is 11.3 Å². The Morgan fingerprint density at radius 2 is 2.10 bits per heavy atom. The Balaban J connectivity index is 1.14. The van der Waals surface area contributed by atoms with Crippen LogP contribution in [0.25, 0.3) is 21.7 Å². The van der Waals surface area contributed by atoms with Crippen molar-refractivity contribution in [3.05, 3.63) is 66.0 Å². The molecular weight excluding hydrogens is 540 g/mol. The number of rotatable bonds is 8. The van der Waals surface area contributed by atoms with Gasteiger partial charge in [-0.2, -0.15) is 0 Å². The highest BCUT2D eigenvalue weighted by atomic mass is 32.1. The molecule has 41 heavy (non-hydrogen) atoms. The highest BCUT2D eigenvalue weighted by Gasteiger charge is 2.50. The van der Waals surface area contributed by atoms with Crippen molar-refractivity contribution in [2.24, 2.45) is 5.41 Å². The number of nitrogens with zero attached hydrogens (tertiary/aromatic N) is 4. The van der Waals surface area contributed by atoms with Crippen molar-refractivity contribution in [2.75, 3.05) is 18.4 Å². The van der Waals surface area contributed by atoms with E-state index >= 15 is 0 Å². The molecule has 3 fully saturated rings. The monoisotopic (exact) mass is 572 g/mol. The molecule has 11 heteroatoms. The average molecular weight is 573 g/mol. The standard InChI is InChI=1S/C30H32N6O4S/c1-2-27(38)35-8-7-30(16-35)12-20(13-30)36-23-4-3-18(14-32-19-10-21(37)11-19)9-22(23)33-29(36)34-28(39)26-6-5-25(41-26)24-15-31-17-40-24/h2-6,9,15,17,19-21,32,37H,1,7-8,10-14,16H2,(H,33,34,39)/t19-,20-,21-,30-. The topological polar surface area (TPSA) is 126 Å². The van der Waals surface area contributed by atoms with Gasteiger partial charge in [-0.15, -0.1) is 11.3 Å². The number of imidazole rings is 1. The summed E-state index contributed by atoms with van der Waals surface area (Å²) in [6, 6.07) is 10.4. The summed E-state index contributed by atoms with van der Waals surface area (Å²) in [5.41, 5.74) is 3.01. The lowest BCUT2D eigenvalue weighted by atomic mass is 9.64. The Morgan fingerprint density at radius 3 is 2.85 bits per heavy atom. The number of anilines is 1. The maximum absolute atomic E-state index is 13.4. The fourth-order valence-corrected chi connectivity index (χ4v) is 7.38. The van der Waals surface area contributed by atoms with Crippen LogP contribution in [0, 0.1) is 5.41 Å². The minimum Gasteiger partial charge on any atom is -0.443 e. The first-order valence-electron chi connectivity index (χ1n) is 14.0. The largest absolute Gasteiger partial charge is 0.443 e. The minimum absolute atomic E-state index is 0.00967. The summed E-state index contributed by atoms with van der Waals surface area (Å²) < 4.78 is 7.55. The van der Waals surface area contributed by atoms with E-state index in [9.17, 15) is 14.7 Å². The number of nitrogens with one attached hydrogen (secondary N) is 2. The van der Waals surface area contributed by atoms with Gasteiger partial charge in [0, 0.05) is 31.7 Å². The number of carbonyl (C=O) groups excluding carboxylic acids is 2. The van der Waals surface area contributed by atoms with Crippen LogP contribution in [0.2, 0.25) is 0 Å². The van der Waals surface area contributed by atoms with E-state index in [1.165, 1.54) is 23.8 Å². The van der Waals surface area contributed by atoms with Crippen LogP contribution < -0.4 is 10.6 Å². The van der Waals surface area contributed by atoms with Crippen LogP contribution in [0.1, 0.15) is 53.4 Å². The second-order valence-corrected chi connectivity index (χ2v) is 12.7. The SMILES string of the molecule is C=CC(=O)N1CC[C@]2(C1)C[C@H](n1c(NC(=O)c3ccc(-c4cnco4)s3)nc3cc(CN[C@H]4C[C@H](O)C4)ccc31)C2. The van der Waals surface area contributed by atoms with E-state index in [1.807, 2.05) is 11.0 Å². The predicted molar refractivity (Wildman–Crippen MR) is 155 cm³/mol. The van der Waals surface area contributed by atoms with Gasteiger partial charge in [-0.1, -0.05) is 12.6 Å². The van der Waals surface area contributed by atoms with E-state index in [4.69, 9.17) is 9.40 Å². The Morgan fingerprint density at radius 1 is 1.24 bits per heavy atom. The fraction of sp³-hybridized carbons (Fsp3) is 0.400. The molecule has 0 atom stereocenters. The molecule has 1 aliphatic heterocycles. The molecule has 212 valence electrons. The van der Waals surface area contributed by atoms with E-state index in [0.717, 1.165) is 66.7 Å². The third kappa shape index (κ3) is 4.87. The average Bonchev–Trinajstić information content (AvgIpc) is 3.74. The second kappa shape index (κ2) is 10.2. The Kier molecular flexibility index (Phi) is 6.52. The number of aliphatic hydroxyl groups excluding tert-OH is 1. The maximum atomic E-state index is 13.4. The van der Waals surface area contributed by atoms with Crippen molar-refractivity contribution in [3.8, 4) is 10.6 Å². The number of amides is 2. The number of hydrogen-bond donors (Lipinski definition) is 3. The summed E-state index contributed by atoms with van der Waals surface area (Å²) in [6.45, 7) is 5.84. The number of aromatic nitrogens is 3. The zero-order valence-corrected chi connectivity index (χ0v) is 23.4. The summed E-state index contributed by atoms with van der Waals surface area (Å²) in [5.74, 6) is 0.924. The molecule has 3 aromatic heterocycles. The van der Waals surface area contributed by atoms with E-state index < -0.39 is 0 Å². The molecule has 2 aliphatic carbocycles. The molecule has 2 amide bonds. The molecule has 1 aromatic carbocycles. The lowest BCUT2D eigenvalue weighted by Crippen LogP contribution is -2.43. The molecule has 0 bridgehead atoms. The van der Waals surface area contributed by atoms with Crippen LogP contribution in [-0.2, 0) is 11.3 Å². The first-order chi connectivity index (χ1) is 19.9. The van der Waals surface area contributed by atoms with Crippen LogP contribution in [0.5, 0.6) is 0 Å². The molecule has 1 spiro atoms. The molecule has 4 heterocycles. The van der Waals surface area contributed by atoms with Gasteiger partial charge in [0.15, 0.2) is 12.2 Å². The quantitative estimate of drug-likeness (QED) is 0.268. The second-order valence-electron chi connectivity index (χ2n) is 11.6. The summed E-state index contributed by atoms with van der Waals surface area (Å²) in [7, 11) is 0. The van der Waals surface area contributed by atoms with Crippen molar-refractivity contribution in [1.82, 2.24) is 24.8 Å². The van der Waals surface area contributed by atoms with Gasteiger partial charge >= 0.3 is 0 Å². The van der Waals surface area contributed by atoms with Gasteiger partial charge in [0.05, 0.1) is 33.1 Å². The van der Waals surface area contributed by atoms with Gasteiger partial charge < -0.3 is 24.3 Å². The van der Waals surface area contributed by atoms with E-state index in [1.54, 1.807) is 12.3 Å². The number of oxazole rings is 1. The number of likely N-dealkylation sites (tertiary alicyclic amines) is 1. The molecule has 1 saturated heterocycles. The van der Waals surface area contributed by atoms with Gasteiger partial charge in [0.25, 0.3) is 5.91 Å². The van der Waals surface area contributed by atoms with Crippen LogP contribution in [-0.4, -0.2) is 61.6 Å². The van der Waals surface area contributed by atoms with Crippen molar-refractivity contribution in [3.63, 3.8) is 0 Å². The molecule has 4 aromatic rings. The number of fused-ring (bicyclic) bond motifs is 1. The number of aliphatic hydroxyl groups is 1. The highest BCUT2D eigenvalue weighted by molar-refractivity contribution is 7.17. The van der Waals surface area contributed by atoms with Crippen LogP contribution in [0.15, 0.2) is 60.0 Å². The molecule has 3 N–H and O–H groups in total. The predicted octanol–water partition coefficient (Wildman–Crippen LogP) is 4.36. The first kappa shape index (κ1) is 26.1. The van der Waals surface area contributed by atoms with Crippen molar-refractivity contribution in [1.29, 1.82) is 0 Å². The Hall–Kier alpha value is -3.80. The zero-order chi connectivity index (χ0) is 28.1. The third-order valence-corrected chi connectivity index (χ3v) is 9.92. The van der Waals surface area contributed by atoms with Crippen molar-refractivity contribution >= 4 is 40.1 Å². The van der Waals surface area contributed by atoms with Crippen LogP contribution in [0.3, 0.4) is 0 Å². The van der Waals surface area contributed by atoms with Crippen LogP contribution in [0.4, 0.5) is 5.95 Å². The lowest BCUT2D eigenvalue weighted by Gasteiger charge is -2.46. The highest BCUT2D eigenvalue weighted by Crippen LogP contribution is 2.55. The van der Waals surface area contributed by atoms with Crippen molar-refractivity contribution in [2.45, 2.75) is 56.8 Å². The fourth-order valence-electron chi connectivity index (χ4n) is 6.53. The summed E-state index contributed by atoms with van der Waals surface area (Å²) in [4.78, 5) is 37.7. The molecule has 2 saturated carbocycles. The number of carbonyl (C=O) groups is 2. The molecule has 0 unspecified atom stereocenters. The maximum Gasteiger partial charge on any atom is 0.268 e. The van der Waals surface area contributed by atoms with Gasteiger partial charge in [-0.3, -0.25) is 14.9 Å². The summed E-state index contributed by atoms with van der Waals surface area (Å²) >= 11 is 1.34. The summed E-state index contributed by atoms with van der Waals surface area (Å²) in [5, 5.41) is 16.2. The molecule has 3 aliphatic rings. The summed E-state index contributed by atoms with van der Waals surface area (Å²) in [6.07, 6.45) is 8.59. The van der Waals surface area contributed by atoms with E-state index in [-0.39, 0.29) is 29.4 Å². The Bertz CT molecular complexity index is 1610. The molecule has 10 nitrogen and oxygen atoms in total. The lowest BCUT2D eigenvalue weighted by molar-refractivity contribution is -0.125. The van der Waals surface area contributed by atoms with Crippen molar-refractivity contribution < 1.29 is 19.1 Å². The van der Waals surface area contributed by atoms with Gasteiger partial charge in [-0.05, 0) is 73.4 Å². The molecular formula is C30H32N6O4S. The Labute approximate surface area is 241 Å². The number of thiophene rings is 1. The smallest absolute Gasteiger partial charge is 0.268 e. The number of hydrogen-bond acceptors (Lipinski definition) is 8. The first-order valence-corrected chi connectivity index (χ1v) is 14.8. The minimum atomic E-state index is -0.222. The van der Waals surface area contributed by atoms with Gasteiger partial charge in [0.2, 0.25) is 11.9 Å². The van der Waals surface area contributed by atoms with E-state index in [2.05, 4.69) is 45.0 Å². The van der Waals surface area contributed by atoms with Gasteiger partial charge in [-0.25, -0.2) is 9.97 Å². The number of benzene rings is 1. The molecule has 0 radical (unpaired) electrons. The zero-order valence-electron chi connectivity index (χ0n) is 22.6. The molecule has 7 rings (SSSR count). The third-order valence-electron chi connectivity index (χ3n) is 8.82. The van der Waals surface area contributed by atoms with E-state index in [0.29, 0.717) is 29.2 Å².